The molecule has 5 rings (SSSR count). The highest BCUT2D eigenvalue weighted by atomic mass is 35.5. The number of rotatable bonds is 13. The number of fused-ring (bicyclic) bond motifs is 1. The lowest BCUT2D eigenvalue weighted by atomic mass is 9.93. The van der Waals surface area contributed by atoms with Crippen LogP contribution in [0.5, 0.6) is 0 Å². The van der Waals surface area contributed by atoms with E-state index in [1.165, 1.54) is 0 Å². The van der Waals surface area contributed by atoms with Gasteiger partial charge < -0.3 is 19.9 Å². The number of anilines is 1. The summed E-state index contributed by atoms with van der Waals surface area (Å²) >= 11 is 12.7. The number of halogens is 2. The lowest BCUT2D eigenvalue weighted by Crippen LogP contribution is -2.46. The number of hydrogen-bond donors (Lipinski definition) is 2. The molecule has 11 heteroatoms. The van der Waals surface area contributed by atoms with Crippen molar-refractivity contribution in [1.82, 2.24) is 19.6 Å². The quantitative estimate of drug-likeness (QED) is 0.158. The molecular weight excluding hydrogens is 649 g/mol. The molecule has 0 spiro atoms. The van der Waals surface area contributed by atoms with Crippen LogP contribution in [0.3, 0.4) is 0 Å². The molecule has 2 amide bonds. The van der Waals surface area contributed by atoms with Crippen LogP contribution in [-0.4, -0.2) is 71.9 Å². The Kier molecular flexibility index (Phi) is 11.8. The minimum Gasteiger partial charge on any atom is -0.408 e. The maximum atomic E-state index is 14.5. The zero-order valence-corrected chi connectivity index (χ0v) is 29.6. The molecule has 1 aromatic heterocycles. The molecule has 2 N–H and O–H groups in total. The average Bonchev–Trinajstić information content (AvgIpc) is 3.48. The predicted molar refractivity (Wildman–Crippen MR) is 190 cm³/mol. The fourth-order valence-corrected chi connectivity index (χ4v) is 7.23. The minimum absolute atomic E-state index is 0.0981. The van der Waals surface area contributed by atoms with Gasteiger partial charge in [-0.15, -0.1) is 0 Å². The number of amides is 2. The Balaban J connectivity index is 1.52. The molecule has 1 aliphatic heterocycles. The Morgan fingerprint density at radius 2 is 1.72 bits per heavy atom. The zero-order valence-electron chi connectivity index (χ0n) is 27.1. The third-order valence-corrected chi connectivity index (χ3v) is 10.6. The minimum atomic E-state index is -0.379. The summed E-state index contributed by atoms with van der Waals surface area (Å²) in [4.78, 5) is 35.2. The molecule has 2 heterocycles. The highest BCUT2D eigenvalue weighted by Gasteiger charge is 2.32. The predicted octanol–water partition coefficient (Wildman–Crippen LogP) is 6.45. The van der Waals surface area contributed by atoms with Crippen LogP contribution in [0.15, 0.2) is 66.7 Å². The second-order valence-corrected chi connectivity index (χ2v) is 13.7. The van der Waals surface area contributed by atoms with Crippen molar-refractivity contribution in [2.75, 3.05) is 24.7 Å². The third kappa shape index (κ3) is 7.92. The number of nitrogens with one attached hydrogen (secondary N) is 1. The van der Waals surface area contributed by atoms with Gasteiger partial charge in [-0.1, -0.05) is 86.3 Å². The molecule has 1 atom stereocenters. The first kappa shape index (κ1) is 34.7. The van der Waals surface area contributed by atoms with Crippen molar-refractivity contribution in [2.45, 2.75) is 65.5 Å². The van der Waals surface area contributed by atoms with Gasteiger partial charge in [0.05, 0.1) is 33.9 Å². The van der Waals surface area contributed by atoms with Gasteiger partial charge in [-0.25, -0.2) is 4.68 Å². The van der Waals surface area contributed by atoms with Gasteiger partial charge in [0.2, 0.25) is 9.68 Å². The summed E-state index contributed by atoms with van der Waals surface area (Å²) in [5.74, 6) is -0.330. The number of carbonyl (C=O) groups is 2. The number of aromatic nitrogens is 2. The maximum absolute atomic E-state index is 14.5. The summed E-state index contributed by atoms with van der Waals surface area (Å²) in [5.41, 5.74) is 4.97. The fraction of sp³-hybridized carbons (Fsp3) is 0.361. The molecule has 4 aromatic rings. The van der Waals surface area contributed by atoms with Crippen molar-refractivity contribution in [1.29, 1.82) is 0 Å². The smallest absolute Gasteiger partial charge is 0.274 e. The van der Waals surface area contributed by atoms with Gasteiger partial charge in [-0.05, 0) is 72.8 Å². The standard InChI is InChI=1S/C36H41Cl2N5O3Si/c1-4-6-17-41(18-7-5-2)36(46)31-19-24(3)43(39-31)32-16-15-27(40-47-33-14-10-13-30(37)34(33)38)21-29(32)35(45)42-22-26-12-9-8-11-25(26)20-28(42)23-44/h8-16,19,21,28,40,44H,4-7,17-18,20,22-23H2,1-3H3/t28-/m0/s1. The summed E-state index contributed by atoms with van der Waals surface area (Å²) in [6.45, 7) is 7.71. The van der Waals surface area contributed by atoms with Crippen LogP contribution in [0.4, 0.5) is 5.69 Å². The molecule has 0 bridgehead atoms. The normalized spacial score (nSPS) is 14.2. The first-order chi connectivity index (χ1) is 22.7. The number of nitrogens with zero attached hydrogens (tertiary/aromatic N) is 4. The van der Waals surface area contributed by atoms with Crippen molar-refractivity contribution >= 4 is 55.6 Å². The van der Waals surface area contributed by atoms with Crippen LogP contribution >= 0.6 is 23.2 Å². The monoisotopic (exact) mass is 689 g/mol. The third-order valence-electron chi connectivity index (χ3n) is 8.53. The highest BCUT2D eigenvalue weighted by molar-refractivity contribution is 6.62. The van der Waals surface area contributed by atoms with E-state index in [1.54, 1.807) is 21.7 Å². The van der Waals surface area contributed by atoms with Crippen LogP contribution in [0.2, 0.25) is 10.0 Å². The SMILES string of the molecule is CCCCN(CCCC)C(=O)c1cc(C)n(-c2ccc(N[Si]c3cccc(Cl)c3Cl)cc2C(=O)N2Cc3ccccc3C[C@H]2CO)n1. The van der Waals surface area contributed by atoms with Crippen molar-refractivity contribution in [3.8, 4) is 5.69 Å². The molecule has 0 saturated carbocycles. The van der Waals surface area contributed by atoms with E-state index in [-0.39, 0.29) is 34.1 Å². The number of aliphatic hydroxyl groups excluding tert-OH is 1. The van der Waals surface area contributed by atoms with Gasteiger partial charge in [-0.3, -0.25) is 9.59 Å². The van der Waals surface area contributed by atoms with Crippen molar-refractivity contribution in [2.24, 2.45) is 0 Å². The van der Waals surface area contributed by atoms with Gasteiger partial charge in [0.15, 0.2) is 5.69 Å². The Bertz CT molecular complexity index is 1720. The van der Waals surface area contributed by atoms with E-state index in [9.17, 15) is 14.7 Å². The maximum Gasteiger partial charge on any atom is 0.274 e. The summed E-state index contributed by atoms with van der Waals surface area (Å²) in [6.07, 6.45) is 4.40. The number of hydrogen-bond acceptors (Lipinski definition) is 5. The molecule has 0 aliphatic carbocycles. The molecule has 3 aromatic carbocycles. The molecule has 0 unspecified atom stereocenters. The van der Waals surface area contributed by atoms with Crippen molar-refractivity contribution in [3.05, 3.63) is 105 Å². The number of unbranched alkanes of at least 4 members (excludes halogenated alkanes) is 2. The lowest BCUT2D eigenvalue weighted by Gasteiger charge is -2.36. The topological polar surface area (TPSA) is 90.7 Å². The van der Waals surface area contributed by atoms with E-state index in [0.717, 1.165) is 53.4 Å². The van der Waals surface area contributed by atoms with E-state index < -0.39 is 0 Å². The van der Waals surface area contributed by atoms with Crippen LogP contribution in [0.25, 0.3) is 5.69 Å². The summed E-state index contributed by atoms with van der Waals surface area (Å²) in [7, 11) is 0.0981. The second kappa shape index (κ2) is 16.0. The number of benzene rings is 3. The molecule has 246 valence electrons. The molecule has 8 nitrogen and oxygen atoms in total. The Morgan fingerprint density at radius 3 is 2.43 bits per heavy atom. The van der Waals surface area contributed by atoms with Crippen LogP contribution < -0.4 is 10.2 Å². The molecule has 2 radical (unpaired) electrons. The largest absolute Gasteiger partial charge is 0.408 e. The van der Waals surface area contributed by atoms with Gasteiger partial charge >= 0.3 is 0 Å². The van der Waals surface area contributed by atoms with E-state index in [4.69, 9.17) is 28.3 Å². The van der Waals surface area contributed by atoms with E-state index >= 15 is 0 Å². The van der Waals surface area contributed by atoms with Crippen LogP contribution in [-0.2, 0) is 13.0 Å². The molecular formula is C36H41Cl2N5O3Si. The molecule has 1 aliphatic rings. The molecule has 0 saturated heterocycles. The van der Waals surface area contributed by atoms with Crippen molar-refractivity contribution in [3.63, 3.8) is 0 Å². The summed E-state index contributed by atoms with van der Waals surface area (Å²) in [5, 5.41) is 17.0. The van der Waals surface area contributed by atoms with Gasteiger partial charge in [0.25, 0.3) is 11.8 Å². The second-order valence-electron chi connectivity index (χ2n) is 11.9. The Labute approximate surface area is 289 Å². The fourth-order valence-electron chi connectivity index (χ4n) is 5.85. The number of aliphatic hydroxyl groups is 1. The van der Waals surface area contributed by atoms with E-state index in [2.05, 4.69) is 18.8 Å². The van der Waals surface area contributed by atoms with Gasteiger partial charge in [0.1, 0.15) is 0 Å². The average molecular weight is 691 g/mol. The van der Waals surface area contributed by atoms with E-state index in [0.29, 0.717) is 53.0 Å². The molecule has 47 heavy (non-hydrogen) atoms. The number of aryl methyl sites for hydroxylation is 1. The zero-order chi connectivity index (χ0) is 33.5. The summed E-state index contributed by atoms with van der Waals surface area (Å²) < 4.78 is 1.68. The van der Waals surface area contributed by atoms with Crippen LogP contribution in [0, 0.1) is 6.92 Å². The molecule has 0 fully saturated rings. The highest BCUT2D eigenvalue weighted by Crippen LogP contribution is 2.29. The summed E-state index contributed by atoms with van der Waals surface area (Å²) in [6, 6.07) is 20.5. The number of carbonyl (C=O) groups excluding carboxylic acids is 2. The van der Waals surface area contributed by atoms with E-state index in [1.807, 2.05) is 66.4 Å². The first-order valence-electron chi connectivity index (χ1n) is 16.2. The lowest BCUT2D eigenvalue weighted by molar-refractivity contribution is 0.0544. The Morgan fingerprint density at radius 1 is 1.00 bits per heavy atom. The Hall–Kier alpha value is -3.63. The first-order valence-corrected chi connectivity index (χ1v) is 18.0. The van der Waals surface area contributed by atoms with Gasteiger partial charge in [-0.2, -0.15) is 5.10 Å². The van der Waals surface area contributed by atoms with Crippen LogP contribution in [0.1, 0.15) is 77.2 Å². The van der Waals surface area contributed by atoms with Gasteiger partial charge in [0, 0.05) is 31.0 Å². The van der Waals surface area contributed by atoms with Crippen molar-refractivity contribution < 1.29 is 14.7 Å².